The average Bonchev–Trinajstić information content (AvgIpc) is 2.84. The van der Waals surface area contributed by atoms with Crippen molar-refractivity contribution in [3.8, 4) is 0 Å². The van der Waals surface area contributed by atoms with Gasteiger partial charge >= 0.3 is 5.97 Å². The highest BCUT2D eigenvalue weighted by Crippen LogP contribution is 2.37. The van der Waals surface area contributed by atoms with Crippen LogP contribution in [0.15, 0.2) is 15.0 Å². The van der Waals surface area contributed by atoms with Crippen LogP contribution in [0.4, 0.5) is 4.39 Å². The maximum atomic E-state index is 14.1. The molecule has 2 rings (SSSR count). The maximum absolute atomic E-state index is 14.1. The first-order valence-corrected chi connectivity index (χ1v) is 9.43. The minimum atomic E-state index is -0.900. The van der Waals surface area contributed by atoms with Crippen molar-refractivity contribution in [3.63, 3.8) is 0 Å². The van der Waals surface area contributed by atoms with E-state index in [2.05, 4.69) is 25.9 Å². The number of aliphatic hydroxyl groups is 1. The normalized spacial score (nSPS) is 17.2. The molecule has 0 saturated carbocycles. The Hall–Kier alpha value is -1.18. The lowest BCUT2D eigenvalue weighted by Gasteiger charge is -2.15. The highest BCUT2D eigenvalue weighted by molar-refractivity contribution is 9.10. The van der Waals surface area contributed by atoms with Crippen LogP contribution in [0.3, 0.4) is 0 Å². The molecule has 0 bridgehead atoms. The molecule has 1 aromatic rings. The Labute approximate surface area is 169 Å². The number of halogens is 4. The fourth-order valence-corrected chi connectivity index (χ4v) is 3.80. The Morgan fingerprint density at radius 1 is 1.35 bits per heavy atom. The van der Waals surface area contributed by atoms with Crippen LogP contribution in [-0.2, 0) is 9.53 Å². The zero-order chi connectivity index (χ0) is 19.8. The fourth-order valence-electron chi connectivity index (χ4n) is 2.52. The summed E-state index contributed by atoms with van der Waals surface area (Å²) in [7, 11) is 0. The smallest absolute Gasteiger partial charge is 0.344 e. The Morgan fingerprint density at radius 2 is 1.96 bits per heavy atom. The van der Waals surface area contributed by atoms with Crippen molar-refractivity contribution in [2.75, 3.05) is 0 Å². The highest BCUT2D eigenvalue weighted by atomic mass is 79.9. The van der Waals surface area contributed by atoms with Gasteiger partial charge in [0.25, 0.3) is 0 Å². The van der Waals surface area contributed by atoms with Gasteiger partial charge in [0.05, 0.1) is 27.4 Å². The monoisotopic (exact) mass is 466 g/mol. The number of carbonyl (C=O) groups excluding carboxylic acids is 1. The van der Waals surface area contributed by atoms with Crippen molar-refractivity contribution < 1.29 is 19.0 Å². The van der Waals surface area contributed by atoms with Gasteiger partial charge in [0, 0.05) is 0 Å². The molecule has 0 aliphatic carbocycles. The summed E-state index contributed by atoms with van der Waals surface area (Å²) in [4.78, 5) is 20.8. The molecular weight excluding hydrogens is 450 g/mol. The second-order valence-corrected chi connectivity index (χ2v) is 8.25. The molecule has 9 heteroatoms. The predicted octanol–water partition coefficient (Wildman–Crippen LogP) is 5.52. The molecule has 1 aliphatic heterocycles. The van der Waals surface area contributed by atoms with Gasteiger partial charge in [-0.2, -0.15) is 0 Å². The molecular formula is C17H18BrCl2FN2O3. The standard InChI is InChI=1S/C17H18BrCl2FN2O3/c1-7(2)26-16(25)9(8-5-6-17(3,4)23-8)13(24)10-11(18)12(21)15(20)22-14(10)19/h7,24H,5-6H2,1-4H3. The quantitative estimate of drug-likeness (QED) is 0.273. The number of rotatable bonds is 4. The van der Waals surface area contributed by atoms with Crippen LogP contribution in [-0.4, -0.2) is 33.4 Å². The van der Waals surface area contributed by atoms with Crippen molar-refractivity contribution in [1.29, 1.82) is 0 Å². The molecule has 1 aromatic heterocycles. The van der Waals surface area contributed by atoms with Crippen LogP contribution in [0.5, 0.6) is 0 Å². The number of carbonyl (C=O) groups is 1. The van der Waals surface area contributed by atoms with E-state index in [4.69, 9.17) is 27.9 Å². The number of aliphatic hydroxyl groups excluding tert-OH is 1. The van der Waals surface area contributed by atoms with Crippen molar-refractivity contribution in [2.45, 2.75) is 52.2 Å². The summed E-state index contributed by atoms with van der Waals surface area (Å²) >= 11 is 14.7. The van der Waals surface area contributed by atoms with Gasteiger partial charge in [-0.15, -0.1) is 0 Å². The third-order valence-corrected chi connectivity index (χ3v) is 4.98. The van der Waals surface area contributed by atoms with E-state index in [0.29, 0.717) is 18.6 Å². The van der Waals surface area contributed by atoms with Crippen molar-refractivity contribution >= 4 is 56.6 Å². The molecule has 0 fully saturated rings. The van der Waals surface area contributed by atoms with Crippen LogP contribution in [0.25, 0.3) is 5.76 Å². The first kappa shape index (κ1) is 21.1. The van der Waals surface area contributed by atoms with Gasteiger partial charge in [0.1, 0.15) is 16.5 Å². The van der Waals surface area contributed by atoms with Crippen LogP contribution >= 0.6 is 39.1 Å². The van der Waals surface area contributed by atoms with Crippen molar-refractivity contribution in [2.24, 2.45) is 4.99 Å². The fraction of sp³-hybridized carbons (Fsp3) is 0.471. The third-order valence-electron chi connectivity index (χ3n) is 3.72. The summed E-state index contributed by atoms with van der Waals surface area (Å²) < 4.78 is 19.2. The first-order valence-electron chi connectivity index (χ1n) is 7.88. The van der Waals surface area contributed by atoms with Crippen LogP contribution < -0.4 is 0 Å². The minimum absolute atomic E-state index is 0.157. The zero-order valence-corrected chi connectivity index (χ0v) is 17.8. The van der Waals surface area contributed by atoms with E-state index in [-0.39, 0.29) is 26.3 Å². The number of nitrogens with zero attached hydrogens (tertiary/aromatic N) is 2. The molecule has 0 unspecified atom stereocenters. The molecule has 0 aromatic carbocycles. The van der Waals surface area contributed by atoms with Crippen molar-refractivity contribution in [1.82, 2.24) is 4.98 Å². The SMILES string of the molecule is CC(C)OC(=O)C(C1=NC(C)(C)CC1)=C(O)c1c(Cl)nc(Cl)c(F)c1Br. The van der Waals surface area contributed by atoms with Gasteiger partial charge in [0.15, 0.2) is 11.0 Å². The molecule has 5 nitrogen and oxygen atoms in total. The van der Waals surface area contributed by atoms with E-state index >= 15 is 0 Å². The summed E-state index contributed by atoms with van der Waals surface area (Å²) in [5.41, 5.74) is -0.354. The lowest BCUT2D eigenvalue weighted by molar-refractivity contribution is -0.142. The van der Waals surface area contributed by atoms with Gasteiger partial charge in [-0.25, -0.2) is 14.2 Å². The van der Waals surface area contributed by atoms with Crippen molar-refractivity contribution in [3.05, 3.63) is 31.7 Å². The number of hydrogen-bond acceptors (Lipinski definition) is 5. The van der Waals surface area contributed by atoms with E-state index in [1.165, 1.54) is 0 Å². The number of pyridine rings is 1. The van der Waals surface area contributed by atoms with E-state index in [9.17, 15) is 14.3 Å². The minimum Gasteiger partial charge on any atom is -0.506 e. The highest BCUT2D eigenvalue weighted by Gasteiger charge is 2.34. The number of aliphatic imine (C=N–C) groups is 1. The Balaban J connectivity index is 2.72. The summed E-state index contributed by atoms with van der Waals surface area (Å²) in [6, 6.07) is 0. The molecule has 142 valence electrons. The number of ether oxygens (including phenoxy) is 1. The summed E-state index contributed by atoms with van der Waals surface area (Å²) in [6.45, 7) is 7.18. The largest absolute Gasteiger partial charge is 0.506 e. The summed E-state index contributed by atoms with van der Waals surface area (Å²) in [6.07, 6.45) is 0.730. The molecule has 1 N–H and O–H groups in total. The number of aromatic nitrogens is 1. The zero-order valence-electron chi connectivity index (χ0n) is 14.7. The van der Waals surface area contributed by atoms with Gasteiger partial charge in [-0.05, 0) is 56.5 Å². The second kappa shape index (κ2) is 7.82. The molecule has 0 spiro atoms. The molecule has 1 aliphatic rings. The van der Waals surface area contributed by atoms with Crippen LogP contribution in [0.2, 0.25) is 10.3 Å². The van der Waals surface area contributed by atoms with Gasteiger partial charge in [0.2, 0.25) is 0 Å². The molecule has 26 heavy (non-hydrogen) atoms. The number of hydrogen-bond donors (Lipinski definition) is 1. The van der Waals surface area contributed by atoms with E-state index < -0.39 is 28.8 Å². The van der Waals surface area contributed by atoms with Gasteiger partial charge < -0.3 is 9.84 Å². The lowest BCUT2D eigenvalue weighted by Crippen LogP contribution is -2.20. The van der Waals surface area contributed by atoms with E-state index in [1.54, 1.807) is 13.8 Å². The molecule has 0 atom stereocenters. The second-order valence-electron chi connectivity index (χ2n) is 6.74. The third kappa shape index (κ3) is 4.38. The van der Waals surface area contributed by atoms with E-state index in [0.717, 1.165) is 0 Å². The van der Waals surface area contributed by atoms with E-state index in [1.807, 2.05) is 13.8 Å². The summed E-state index contributed by atoms with van der Waals surface area (Å²) in [5, 5.41) is 10.1. The topological polar surface area (TPSA) is 71.8 Å². The van der Waals surface area contributed by atoms with Gasteiger partial charge in [-0.1, -0.05) is 23.2 Å². The molecule has 0 amide bonds. The average molecular weight is 468 g/mol. The lowest BCUT2D eigenvalue weighted by atomic mass is 9.99. The first-order chi connectivity index (χ1) is 11.9. The predicted molar refractivity (Wildman–Crippen MR) is 103 cm³/mol. The molecule has 2 heterocycles. The Kier molecular flexibility index (Phi) is 6.36. The Morgan fingerprint density at radius 3 is 2.46 bits per heavy atom. The maximum Gasteiger partial charge on any atom is 0.344 e. The Bertz CT molecular complexity index is 823. The van der Waals surface area contributed by atoms with Gasteiger partial charge in [-0.3, -0.25) is 4.99 Å². The van der Waals surface area contributed by atoms with Crippen LogP contribution in [0.1, 0.15) is 46.1 Å². The molecule has 0 radical (unpaired) electrons. The number of esters is 1. The van der Waals surface area contributed by atoms with Crippen LogP contribution in [0, 0.1) is 5.82 Å². The molecule has 0 saturated heterocycles. The summed E-state index contributed by atoms with van der Waals surface area (Å²) in [5.74, 6) is -2.23.